The molecule has 130 valence electrons. The fraction of sp³-hybridized carbons (Fsp3) is 0.389. The topological polar surface area (TPSA) is 74.1 Å². The molecule has 0 unspecified atom stereocenters. The number of aryl methyl sites for hydroxylation is 1. The number of ether oxygens (including phenoxy) is 2. The van der Waals surface area contributed by atoms with Crippen LogP contribution in [0.2, 0.25) is 0 Å². The maximum Gasteiger partial charge on any atom is 0.163 e. The van der Waals surface area contributed by atoms with Crippen molar-refractivity contribution in [2.24, 2.45) is 7.05 Å². The van der Waals surface area contributed by atoms with E-state index in [0.29, 0.717) is 13.2 Å². The zero-order valence-corrected chi connectivity index (χ0v) is 14.2. The zero-order chi connectivity index (χ0) is 17.1. The summed E-state index contributed by atoms with van der Waals surface area (Å²) in [6.07, 6.45) is 5.75. The highest BCUT2D eigenvalue weighted by Crippen LogP contribution is 2.20. The molecule has 1 aliphatic rings. The van der Waals surface area contributed by atoms with E-state index in [9.17, 15) is 0 Å². The number of benzene rings is 1. The van der Waals surface area contributed by atoms with Crippen molar-refractivity contribution >= 4 is 16.9 Å². The number of fused-ring (bicyclic) bond motifs is 1. The van der Waals surface area contributed by atoms with Crippen LogP contribution in [0.15, 0.2) is 36.8 Å². The quantitative estimate of drug-likeness (QED) is 0.744. The average molecular weight is 339 g/mol. The molecule has 1 aliphatic heterocycles. The molecule has 1 N–H and O–H groups in total. The van der Waals surface area contributed by atoms with Gasteiger partial charge in [0.05, 0.1) is 17.7 Å². The Labute approximate surface area is 146 Å². The zero-order valence-electron chi connectivity index (χ0n) is 14.2. The van der Waals surface area contributed by atoms with Crippen molar-refractivity contribution in [3.8, 4) is 5.75 Å². The van der Waals surface area contributed by atoms with Gasteiger partial charge in [0.15, 0.2) is 5.65 Å². The molecule has 1 atom stereocenters. The minimum atomic E-state index is 0.224. The molecular formula is C18H21N5O2. The minimum absolute atomic E-state index is 0.224. The molecule has 3 heterocycles. The van der Waals surface area contributed by atoms with Gasteiger partial charge in [-0.2, -0.15) is 5.10 Å². The Morgan fingerprint density at radius 1 is 1.36 bits per heavy atom. The number of anilines is 1. The minimum Gasteiger partial charge on any atom is -0.491 e. The summed E-state index contributed by atoms with van der Waals surface area (Å²) in [7, 11) is 1.87. The number of aromatic nitrogens is 4. The number of rotatable bonds is 6. The van der Waals surface area contributed by atoms with Crippen LogP contribution >= 0.6 is 0 Å². The fourth-order valence-corrected chi connectivity index (χ4v) is 3.00. The van der Waals surface area contributed by atoms with Gasteiger partial charge in [-0.15, -0.1) is 0 Å². The summed E-state index contributed by atoms with van der Waals surface area (Å²) in [5, 5.41) is 8.50. The molecular weight excluding hydrogens is 318 g/mol. The lowest BCUT2D eigenvalue weighted by atomic mass is 10.2. The predicted molar refractivity (Wildman–Crippen MR) is 94.5 cm³/mol. The van der Waals surface area contributed by atoms with Crippen LogP contribution in [0.25, 0.3) is 11.0 Å². The van der Waals surface area contributed by atoms with Crippen molar-refractivity contribution in [1.29, 1.82) is 0 Å². The molecule has 0 spiro atoms. The number of nitrogens with zero attached hydrogens (tertiary/aromatic N) is 4. The molecule has 4 rings (SSSR count). The van der Waals surface area contributed by atoms with Crippen LogP contribution < -0.4 is 10.1 Å². The first kappa shape index (κ1) is 15.8. The van der Waals surface area contributed by atoms with Crippen molar-refractivity contribution in [1.82, 2.24) is 19.7 Å². The van der Waals surface area contributed by atoms with E-state index in [1.54, 1.807) is 17.2 Å². The second-order valence-corrected chi connectivity index (χ2v) is 6.17. The van der Waals surface area contributed by atoms with Gasteiger partial charge in [-0.25, -0.2) is 9.97 Å². The number of hydrogen-bond acceptors (Lipinski definition) is 6. The van der Waals surface area contributed by atoms with Crippen LogP contribution in [0, 0.1) is 0 Å². The molecule has 0 radical (unpaired) electrons. The van der Waals surface area contributed by atoms with E-state index in [1.165, 1.54) is 0 Å². The van der Waals surface area contributed by atoms with E-state index in [-0.39, 0.29) is 6.10 Å². The van der Waals surface area contributed by atoms with E-state index in [4.69, 9.17) is 9.47 Å². The number of nitrogens with one attached hydrogen (secondary N) is 1. The van der Waals surface area contributed by atoms with Crippen molar-refractivity contribution < 1.29 is 9.47 Å². The molecule has 7 nitrogen and oxygen atoms in total. The molecule has 7 heteroatoms. The SMILES string of the molecule is Cn1ncc2c(NCc3cccc(OC[C@@H]4CCCO4)c3)ncnc21. The predicted octanol–water partition coefficient (Wildman–Crippen LogP) is 2.53. The van der Waals surface area contributed by atoms with Gasteiger partial charge < -0.3 is 14.8 Å². The van der Waals surface area contributed by atoms with Crippen LogP contribution in [0.5, 0.6) is 5.75 Å². The average Bonchev–Trinajstić information content (AvgIpc) is 3.29. The normalized spacial score (nSPS) is 17.1. The Kier molecular flexibility index (Phi) is 4.47. The van der Waals surface area contributed by atoms with Crippen LogP contribution in [-0.4, -0.2) is 39.1 Å². The van der Waals surface area contributed by atoms with Gasteiger partial charge in [0.2, 0.25) is 0 Å². The van der Waals surface area contributed by atoms with Gasteiger partial charge in [-0.3, -0.25) is 4.68 Å². The second-order valence-electron chi connectivity index (χ2n) is 6.17. The number of hydrogen-bond donors (Lipinski definition) is 1. The second kappa shape index (κ2) is 7.06. The van der Waals surface area contributed by atoms with Gasteiger partial charge in [0.1, 0.15) is 24.5 Å². The molecule has 0 aliphatic carbocycles. The third kappa shape index (κ3) is 3.56. The van der Waals surface area contributed by atoms with E-state index in [1.807, 2.05) is 25.2 Å². The fourth-order valence-electron chi connectivity index (χ4n) is 3.00. The monoisotopic (exact) mass is 339 g/mol. The third-order valence-electron chi connectivity index (χ3n) is 4.35. The Morgan fingerprint density at radius 3 is 3.20 bits per heavy atom. The van der Waals surface area contributed by atoms with Gasteiger partial charge in [0, 0.05) is 20.2 Å². The highest BCUT2D eigenvalue weighted by Gasteiger charge is 2.16. The van der Waals surface area contributed by atoms with Gasteiger partial charge in [-0.05, 0) is 30.5 Å². The summed E-state index contributed by atoms with van der Waals surface area (Å²) in [5.74, 6) is 1.65. The molecule has 25 heavy (non-hydrogen) atoms. The molecule has 0 amide bonds. The molecule has 1 aromatic carbocycles. The van der Waals surface area contributed by atoms with Crippen molar-refractivity contribution in [3.05, 3.63) is 42.4 Å². The Balaban J connectivity index is 1.41. The summed E-state index contributed by atoms with van der Waals surface area (Å²) in [6, 6.07) is 8.08. The third-order valence-corrected chi connectivity index (χ3v) is 4.35. The van der Waals surface area contributed by atoms with E-state index in [0.717, 1.165) is 47.6 Å². The Morgan fingerprint density at radius 2 is 2.32 bits per heavy atom. The summed E-state index contributed by atoms with van der Waals surface area (Å²) in [6.45, 7) is 2.11. The van der Waals surface area contributed by atoms with Crippen molar-refractivity contribution in [2.75, 3.05) is 18.5 Å². The van der Waals surface area contributed by atoms with Gasteiger partial charge >= 0.3 is 0 Å². The first-order chi connectivity index (χ1) is 12.3. The van der Waals surface area contributed by atoms with Gasteiger partial charge in [-0.1, -0.05) is 12.1 Å². The molecule has 0 saturated carbocycles. The molecule has 3 aromatic rings. The lowest BCUT2D eigenvalue weighted by molar-refractivity contribution is 0.0679. The molecule has 1 fully saturated rings. The largest absolute Gasteiger partial charge is 0.491 e. The first-order valence-electron chi connectivity index (χ1n) is 8.49. The summed E-state index contributed by atoms with van der Waals surface area (Å²) in [4.78, 5) is 8.57. The maximum absolute atomic E-state index is 5.86. The van der Waals surface area contributed by atoms with Crippen LogP contribution in [-0.2, 0) is 18.3 Å². The van der Waals surface area contributed by atoms with E-state index >= 15 is 0 Å². The highest BCUT2D eigenvalue weighted by atomic mass is 16.5. The molecule has 0 bridgehead atoms. The van der Waals surface area contributed by atoms with E-state index < -0.39 is 0 Å². The summed E-state index contributed by atoms with van der Waals surface area (Å²) < 4.78 is 13.2. The highest BCUT2D eigenvalue weighted by molar-refractivity contribution is 5.85. The van der Waals surface area contributed by atoms with Crippen molar-refractivity contribution in [3.63, 3.8) is 0 Å². The van der Waals surface area contributed by atoms with E-state index in [2.05, 4.69) is 26.4 Å². The van der Waals surface area contributed by atoms with Crippen LogP contribution in [0.1, 0.15) is 18.4 Å². The summed E-state index contributed by atoms with van der Waals surface area (Å²) in [5.41, 5.74) is 1.94. The Bertz CT molecular complexity index is 858. The van der Waals surface area contributed by atoms with Crippen LogP contribution in [0.3, 0.4) is 0 Å². The van der Waals surface area contributed by atoms with Gasteiger partial charge in [0.25, 0.3) is 0 Å². The Hall–Kier alpha value is -2.67. The van der Waals surface area contributed by atoms with Crippen LogP contribution in [0.4, 0.5) is 5.82 Å². The first-order valence-corrected chi connectivity index (χ1v) is 8.49. The maximum atomic E-state index is 5.86. The molecule has 1 saturated heterocycles. The lowest BCUT2D eigenvalue weighted by Crippen LogP contribution is -2.16. The smallest absolute Gasteiger partial charge is 0.163 e. The summed E-state index contributed by atoms with van der Waals surface area (Å²) >= 11 is 0. The lowest BCUT2D eigenvalue weighted by Gasteiger charge is -2.12. The standard InChI is InChI=1S/C18H21N5O2/c1-23-18-16(10-22-23)17(20-12-21-18)19-9-13-4-2-5-14(8-13)25-11-15-6-3-7-24-15/h2,4-5,8,10,12,15H,3,6-7,9,11H2,1H3,(H,19,20,21)/t15-/m0/s1. The van der Waals surface area contributed by atoms with Crippen molar-refractivity contribution in [2.45, 2.75) is 25.5 Å². The molecule has 2 aromatic heterocycles.